The predicted octanol–water partition coefficient (Wildman–Crippen LogP) is 3.45. The van der Waals surface area contributed by atoms with Crippen LogP contribution in [-0.4, -0.2) is 16.2 Å². The highest BCUT2D eigenvalue weighted by Crippen LogP contribution is 2.25. The van der Waals surface area contributed by atoms with Crippen LogP contribution in [0, 0.1) is 0 Å². The van der Waals surface area contributed by atoms with Crippen LogP contribution in [0.1, 0.15) is 42.9 Å². The quantitative estimate of drug-likeness (QED) is 0.872. The van der Waals surface area contributed by atoms with Gasteiger partial charge in [0.05, 0.1) is 22.3 Å². The molecule has 0 spiro atoms. The molecule has 0 aliphatic carbocycles. The number of rotatable bonds is 5. The van der Waals surface area contributed by atoms with Gasteiger partial charge < -0.3 is 14.9 Å². The number of carbonyl (C=O) groups excluding carboxylic acids is 1. The summed E-state index contributed by atoms with van der Waals surface area (Å²) in [5.41, 5.74) is 1.18. The lowest BCUT2D eigenvalue weighted by Gasteiger charge is -2.11. The summed E-state index contributed by atoms with van der Waals surface area (Å²) in [5, 5.41) is 17.1. The molecular formula is C15H16Cl2N2O3. The first-order valence-corrected chi connectivity index (χ1v) is 7.50. The molecule has 0 radical (unpaired) electrons. The zero-order valence-electron chi connectivity index (χ0n) is 12.1. The molecule has 1 amide bonds. The Bertz CT molecular complexity index is 671. The van der Waals surface area contributed by atoms with Gasteiger partial charge in [-0.1, -0.05) is 48.3 Å². The van der Waals surface area contributed by atoms with E-state index in [1.54, 1.807) is 12.1 Å². The smallest absolute Gasteiger partial charge is 0.253 e. The summed E-state index contributed by atoms with van der Waals surface area (Å²) in [4.78, 5) is 12.0. The van der Waals surface area contributed by atoms with E-state index in [1.165, 1.54) is 12.1 Å². The summed E-state index contributed by atoms with van der Waals surface area (Å²) in [6, 6.07) is 6.31. The Hall–Kier alpha value is -1.56. The molecule has 7 heteroatoms. The average Bonchev–Trinajstić information content (AvgIpc) is 2.96. The van der Waals surface area contributed by atoms with E-state index in [0.717, 1.165) is 5.69 Å². The van der Waals surface area contributed by atoms with Gasteiger partial charge >= 0.3 is 0 Å². The number of nitrogens with zero attached hydrogens (tertiary/aromatic N) is 1. The second kappa shape index (κ2) is 7.13. The van der Waals surface area contributed by atoms with Crippen molar-refractivity contribution in [3.63, 3.8) is 0 Å². The van der Waals surface area contributed by atoms with Gasteiger partial charge in [-0.05, 0) is 23.6 Å². The number of aromatic nitrogens is 1. The summed E-state index contributed by atoms with van der Waals surface area (Å²) in [6.07, 6.45) is -1.33. The third-order valence-corrected chi connectivity index (χ3v) is 3.85. The molecule has 118 valence electrons. The molecule has 1 aromatic heterocycles. The van der Waals surface area contributed by atoms with E-state index < -0.39 is 12.0 Å². The van der Waals surface area contributed by atoms with E-state index in [0.29, 0.717) is 16.3 Å². The Balaban J connectivity index is 1.97. The number of hydrogen-bond donors (Lipinski definition) is 2. The van der Waals surface area contributed by atoms with Crippen LogP contribution >= 0.6 is 23.2 Å². The lowest BCUT2D eigenvalue weighted by molar-refractivity contribution is -0.129. The summed E-state index contributed by atoms with van der Waals surface area (Å²) >= 11 is 11.7. The minimum absolute atomic E-state index is 0.150. The number of hydrogen-bond acceptors (Lipinski definition) is 4. The fourth-order valence-electron chi connectivity index (χ4n) is 1.79. The Labute approximate surface area is 138 Å². The van der Waals surface area contributed by atoms with Crippen LogP contribution in [0.4, 0.5) is 0 Å². The summed E-state index contributed by atoms with van der Waals surface area (Å²) in [6.45, 7) is 4.14. The van der Waals surface area contributed by atoms with Crippen molar-refractivity contribution in [2.75, 3.05) is 0 Å². The van der Waals surface area contributed by atoms with Gasteiger partial charge in [-0.15, -0.1) is 0 Å². The number of carbonyl (C=O) groups is 1. The molecule has 5 nitrogen and oxygen atoms in total. The van der Waals surface area contributed by atoms with Crippen molar-refractivity contribution in [1.29, 1.82) is 0 Å². The van der Waals surface area contributed by atoms with Gasteiger partial charge in [-0.2, -0.15) is 0 Å². The van der Waals surface area contributed by atoms with Crippen LogP contribution in [0.3, 0.4) is 0 Å². The summed E-state index contributed by atoms with van der Waals surface area (Å²) < 4.78 is 5.11. The number of halogens is 2. The standard InChI is InChI=1S/C15H16Cl2N2O3/c1-8(2)13-6-10(22-19-13)7-18-15(21)14(20)9-3-4-11(16)12(17)5-9/h3-6,8,14,20H,7H2,1-2H3,(H,18,21). The maximum absolute atomic E-state index is 12.0. The molecule has 2 N–H and O–H groups in total. The topological polar surface area (TPSA) is 75.4 Å². The average molecular weight is 343 g/mol. The summed E-state index contributed by atoms with van der Waals surface area (Å²) in [5.74, 6) is 0.217. The molecular weight excluding hydrogens is 327 g/mol. The molecule has 2 rings (SSSR count). The van der Waals surface area contributed by atoms with E-state index in [2.05, 4.69) is 10.5 Å². The third-order valence-electron chi connectivity index (χ3n) is 3.11. The second-order valence-electron chi connectivity index (χ2n) is 5.17. The van der Waals surface area contributed by atoms with Gasteiger partial charge in [0.25, 0.3) is 5.91 Å². The van der Waals surface area contributed by atoms with E-state index in [9.17, 15) is 9.90 Å². The highest BCUT2D eigenvalue weighted by Gasteiger charge is 2.19. The molecule has 1 unspecified atom stereocenters. The Morgan fingerprint density at radius 2 is 2.05 bits per heavy atom. The lowest BCUT2D eigenvalue weighted by Crippen LogP contribution is -2.28. The van der Waals surface area contributed by atoms with E-state index in [4.69, 9.17) is 27.7 Å². The van der Waals surface area contributed by atoms with Crippen molar-refractivity contribution >= 4 is 29.1 Å². The minimum atomic E-state index is -1.33. The van der Waals surface area contributed by atoms with Crippen LogP contribution in [0.25, 0.3) is 0 Å². The number of aliphatic hydroxyl groups excluding tert-OH is 1. The molecule has 0 saturated carbocycles. The van der Waals surface area contributed by atoms with Crippen molar-refractivity contribution in [3.05, 3.63) is 51.3 Å². The fraction of sp³-hybridized carbons (Fsp3) is 0.333. The molecule has 0 saturated heterocycles. The van der Waals surface area contributed by atoms with Crippen LogP contribution in [0.15, 0.2) is 28.8 Å². The van der Waals surface area contributed by atoms with Crippen molar-refractivity contribution in [1.82, 2.24) is 10.5 Å². The SMILES string of the molecule is CC(C)c1cc(CNC(=O)C(O)c2ccc(Cl)c(Cl)c2)on1. The zero-order valence-corrected chi connectivity index (χ0v) is 13.6. The number of aliphatic hydroxyl groups is 1. The zero-order chi connectivity index (χ0) is 16.3. The van der Waals surface area contributed by atoms with Crippen molar-refractivity contribution < 1.29 is 14.4 Å². The van der Waals surface area contributed by atoms with Crippen molar-refractivity contribution in [3.8, 4) is 0 Å². The molecule has 0 aliphatic rings. The van der Waals surface area contributed by atoms with Gasteiger partial charge in [0.15, 0.2) is 11.9 Å². The number of nitrogens with one attached hydrogen (secondary N) is 1. The lowest BCUT2D eigenvalue weighted by atomic mass is 10.1. The maximum Gasteiger partial charge on any atom is 0.253 e. The van der Waals surface area contributed by atoms with Crippen molar-refractivity contribution in [2.45, 2.75) is 32.4 Å². The van der Waals surface area contributed by atoms with Crippen LogP contribution in [-0.2, 0) is 11.3 Å². The second-order valence-corrected chi connectivity index (χ2v) is 5.98. The van der Waals surface area contributed by atoms with Crippen molar-refractivity contribution in [2.24, 2.45) is 0 Å². The first-order valence-electron chi connectivity index (χ1n) is 6.74. The van der Waals surface area contributed by atoms with Crippen LogP contribution in [0.2, 0.25) is 10.0 Å². The fourth-order valence-corrected chi connectivity index (χ4v) is 2.10. The first kappa shape index (κ1) is 16.8. The molecule has 0 aliphatic heterocycles. The number of amides is 1. The van der Waals surface area contributed by atoms with Gasteiger partial charge in [0.2, 0.25) is 0 Å². The molecule has 0 fully saturated rings. The maximum atomic E-state index is 12.0. The highest BCUT2D eigenvalue weighted by molar-refractivity contribution is 6.42. The minimum Gasteiger partial charge on any atom is -0.378 e. The Morgan fingerprint density at radius 3 is 2.64 bits per heavy atom. The molecule has 1 heterocycles. The molecule has 1 aromatic carbocycles. The summed E-state index contributed by atoms with van der Waals surface area (Å²) in [7, 11) is 0. The monoisotopic (exact) mass is 342 g/mol. The Morgan fingerprint density at radius 1 is 1.32 bits per heavy atom. The Kier molecular flexibility index (Phi) is 5.45. The van der Waals surface area contributed by atoms with Gasteiger partial charge in [0, 0.05) is 6.07 Å². The van der Waals surface area contributed by atoms with Crippen LogP contribution < -0.4 is 5.32 Å². The van der Waals surface area contributed by atoms with E-state index >= 15 is 0 Å². The largest absolute Gasteiger partial charge is 0.378 e. The highest BCUT2D eigenvalue weighted by atomic mass is 35.5. The molecule has 2 aromatic rings. The van der Waals surface area contributed by atoms with E-state index in [-0.39, 0.29) is 17.5 Å². The number of benzene rings is 1. The normalized spacial score (nSPS) is 12.5. The molecule has 1 atom stereocenters. The van der Waals surface area contributed by atoms with Crippen LogP contribution in [0.5, 0.6) is 0 Å². The predicted molar refractivity (Wildman–Crippen MR) is 83.9 cm³/mol. The van der Waals surface area contributed by atoms with Gasteiger partial charge in [0.1, 0.15) is 0 Å². The first-order chi connectivity index (χ1) is 10.4. The molecule has 22 heavy (non-hydrogen) atoms. The van der Waals surface area contributed by atoms with Gasteiger partial charge in [-0.3, -0.25) is 4.79 Å². The molecule has 0 bridgehead atoms. The third kappa shape index (κ3) is 4.00. The van der Waals surface area contributed by atoms with Gasteiger partial charge in [-0.25, -0.2) is 0 Å². The van der Waals surface area contributed by atoms with E-state index in [1.807, 2.05) is 13.8 Å².